The van der Waals surface area contributed by atoms with Crippen LogP contribution in [0, 0.1) is 12.8 Å². The van der Waals surface area contributed by atoms with Crippen LogP contribution in [0.5, 0.6) is 0 Å². The molecule has 2 aliphatic rings. The Morgan fingerprint density at radius 3 is 2.76 bits per heavy atom. The average Bonchev–Trinajstić information content (AvgIpc) is 3.11. The summed E-state index contributed by atoms with van der Waals surface area (Å²) >= 11 is 6.48. The van der Waals surface area contributed by atoms with Crippen molar-refractivity contribution in [2.75, 3.05) is 12.4 Å². The lowest BCUT2D eigenvalue weighted by molar-refractivity contribution is 0.0600. The van der Waals surface area contributed by atoms with E-state index in [9.17, 15) is 4.79 Å². The number of fused-ring (bicyclic) bond motifs is 3. The fourth-order valence-corrected chi connectivity index (χ4v) is 4.43. The summed E-state index contributed by atoms with van der Waals surface area (Å²) in [6.07, 6.45) is 5.55. The highest BCUT2D eigenvalue weighted by Gasteiger charge is 2.39. The van der Waals surface area contributed by atoms with Crippen LogP contribution in [0.25, 0.3) is 0 Å². The van der Waals surface area contributed by atoms with Crippen molar-refractivity contribution in [2.45, 2.75) is 25.3 Å². The van der Waals surface area contributed by atoms with E-state index in [4.69, 9.17) is 16.3 Å². The minimum Gasteiger partial charge on any atom is -0.465 e. The van der Waals surface area contributed by atoms with Crippen LogP contribution < -0.4 is 5.32 Å². The lowest BCUT2D eigenvalue weighted by Crippen LogP contribution is -2.30. The molecule has 0 spiro atoms. The predicted molar refractivity (Wildman–Crippen MR) is 100 cm³/mol. The number of halogens is 1. The van der Waals surface area contributed by atoms with Crippen LogP contribution in [-0.4, -0.2) is 13.1 Å². The van der Waals surface area contributed by atoms with Crippen molar-refractivity contribution in [1.29, 1.82) is 0 Å². The van der Waals surface area contributed by atoms with Crippen molar-refractivity contribution < 1.29 is 9.53 Å². The summed E-state index contributed by atoms with van der Waals surface area (Å²) in [6.45, 7) is 1.97. The van der Waals surface area contributed by atoms with Gasteiger partial charge >= 0.3 is 5.97 Å². The molecular formula is C21H20ClNO2. The zero-order chi connectivity index (χ0) is 17.6. The Morgan fingerprint density at radius 1 is 1.20 bits per heavy atom. The second-order valence-electron chi connectivity index (χ2n) is 6.69. The van der Waals surface area contributed by atoms with Gasteiger partial charge in [-0.15, -0.1) is 0 Å². The number of methoxy groups -OCH3 is 1. The van der Waals surface area contributed by atoms with Crippen LogP contribution >= 0.6 is 11.6 Å². The fourth-order valence-electron chi connectivity index (χ4n) is 4.18. The predicted octanol–water partition coefficient (Wildman–Crippen LogP) is 5.26. The van der Waals surface area contributed by atoms with E-state index in [0.717, 1.165) is 28.3 Å². The standard InChI is InChI=1S/C21H20ClNO2/c1-12-13(21(24)25-2)10-11-16-14-7-5-8-15(14)20(23-19(12)16)17-6-3-4-9-18(17)22/h3-7,9-11,14-15,20,23H,8H2,1-2H3/t14-,15-,20-/m0/s1. The zero-order valence-electron chi connectivity index (χ0n) is 14.3. The van der Waals surface area contributed by atoms with Gasteiger partial charge in [-0.1, -0.05) is 48.0 Å². The van der Waals surface area contributed by atoms with Gasteiger partial charge < -0.3 is 10.1 Å². The zero-order valence-corrected chi connectivity index (χ0v) is 15.0. The number of carbonyl (C=O) groups excluding carboxylic acids is 1. The van der Waals surface area contributed by atoms with E-state index in [-0.39, 0.29) is 12.0 Å². The first-order chi connectivity index (χ1) is 12.1. The summed E-state index contributed by atoms with van der Waals surface area (Å²) in [7, 11) is 1.41. The molecule has 1 N–H and O–H groups in total. The highest BCUT2D eigenvalue weighted by Crippen LogP contribution is 2.51. The molecule has 2 aromatic rings. The van der Waals surface area contributed by atoms with E-state index in [1.165, 1.54) is 12.7 Å². The van der Waals surface area contributed by atoms with Gasteiger partial charge in [0.2, 0.25) is 0 Å². The Bertz CT molecular complexity index is 874. The van der Waals surface area contributed by atoms with Crippen LogP contribution in [0.4, 0.5) is 5.69 Å². The highest BCUT2D eigenvalue weighted by molar-refractivity contribution is 6.31. The van der Waals surface area contributed by atoms with Crippen LogP contribution in [-0.2, 0) is 4.74 Å². The summed E-state index contributed by atoms with van der Waals surface area (Å²) in [4.78, 5) is 12.1. The molecular weight excluding hydrogens is 334 g/mol. The number of hydrogen-bond donors (Lipinski definition) is 1. The molecule has 0 saturated heterocycles. The molecule has 1 aliphatic heterocycles. The van der Waals surface area contributed by atoms with Gasteiger partial charge in [0, 0.05) is 16.6 Å². The number of nitrogens with one attached hydrogen (secondary N) is 1. The molecule has 25 heavy (non-hydrogen) atoms. The number of rotatable bonds is 2. The molecule has 128 valence electrons. The van der Waals surface area contributed by atoms with Gasteiger partial charge in [-0.2, -0.15) is 0 Å². The lowest BCUT2D eigenvalue weighted by Gasteiger charge is -2.39. The normalized spacial score (nSPS) is 23.6. The third-order valence-corrected chi connectivity index (χ3v) is 5.79. The summed E-state index contributed by atoms with van der Waals surface area (Å²) in [6, 6.07) is 12.0. The first kappa shape index (κ1) is 16.2. The van der Waals surface area contributed by atoms with Crippen LogP contribution in [0.15, 0.2) is 48.6 Å². The first-order valence-corrected chi connectivity index (χ1v) is 8.89. The molecule has 0 fully saturated rings. The van der Waals surface area contributed by atoms with Crippen LogP contribution in [0.1, 0.15) is 45.4 Å². The van der Waals surface area contributed by atoms with Gasteiger partial charge in [-0.25, -0.2) is 4.79 Å². The molecule has 0 bridgehead atoms. The van der Waals surface area contributed by atoms with Gasteiger partial charge in [-0.05, 0) is 48.1 Å². The number of esters is 1. The molecule has 3 atom stereocenters. The van der Waals surface area contributed by atoms with Gasteiger partial charge in [-0.3, -0.25) is 0 Å². The van der Waals surface area contributed by atoms with Crippen molar-refractivity contribution in [1.82, 2.24) is 0 Å². The monoisotopic (exact) mass is 353 g/mol. The van der Waals surface area contributed by atoms with E-state index in [1.54, 1.807) is 0 Å². The van der Waals surface area contributed by atoms with E-state index in [0.29, 0.717) is 17.4 Å². The molecule has 4 rings (SSSR count). The Labute approximate surface area is 152 Å². The number of hydrogen-bond acceptors (Lipinski definition) is 3. The Kier molecular flexibility index (Phi) is 4.04. The SMILES string of the molecule is COC(=O)c1ccc2c(c1C)N[C@H](c1ccccc1Cl)[C@H]1CC=C[C@H]21. The third-order valence-electron chi connectivity index (χ3n) is 5.44. The van der Waals surface area contributed by atoms with Crippen molar-refractivity contribution >= 4 is 23.3 Å². The maximum absolute atomic E-state index is 12.1. The van der Waals surface area contributed by atoms with Crippen molar-refractivity contribution in [3.8, 4) is 0 Å². The quantitative estimate of drug-likeness (QED) is 0.591. The number of anilines is 1. The lowest BCUT2D eigenvalue weighted by atomic mass is 9.76. The van der Waals surface area contributed by atoms with Gasteiger partial charge in [0.1, 0.15) is 0 Å². The Hall–Kier alpha value is -2.26. The van der Waals surface area contributed by atoms with Gasteiger partial charge in [0.05, 0.1) is 18.7 Å². The minimum absolute atomic E-state index is 0.118. The fraction of sp³-hybridized carbons (Fsp3) is 0.286. The molecule has 4 heteroatoms. The van der Waals surface area contributed by atoms with E-state index in [2.05, 4.69) is 29.6 Å². The van der Waals surface area contributed by atoms with Crippen molar-refractivity contribution in [2.24, 2.45) is 5.92 Å². The molecule has 1 heterocycles. The van der Waals surface area contributed by atoms with Gasteiger partial charge in [0.15, 0.2) is 0 Å². The molecule has 0 saturated carbocycles. The number of benzene rings is 2. The summed E-state index contributed by atoms with van der Waals surface area (Å²) in [5, 5.41) is 4.45. The van der Waals surface area contributed by atoms with E-state index >= 15 is 0 Å². The van der Waals surface area contributed by atoms with E-state index < -0.39 is 0 Å². The topological polar surface area (TPSA) is 38.3 Å². The van der Waals surface area contributed by atoms with Crippen molar-refractivity contribution in [3.05, 3.63) is 75.8 Å². The smallest absolute Gasteiger partial charge is 0.338 e. The minimum atomic E-state index is -0.305. The van der Waals surface area contributed by atoms with Gasteiger partial charge in [0.25, 0.3) is 0 Å². The molecule has 3 nitrogen and oxygen atoms in total. The first-order valence-electron chi connectivity index (χ1n) is 8.51. The van der Waals surface area contributed by atoms with E-state index in [1.807, 2.05) is 31.2 Å². The highest BCUT2D eigenvalue weighted by atomic mass is 35.5. The second-order valence-corrected chi connectivity index (χ2v) is 7.10. The summed E-state index contributed by atoms with van der Waals surface area (Å²) in [5.41, 5.74) is 4.91. The molecule has 0 aromatic heterocycles. The molecule has 1 aliphatic carbocycles. The van der Waals surface area contributed by atoms with Crippen molar-refractivity contribution in [3.63, 3.8) is 0 Å². The largest absolute Gasteiger partial charge is 0.465 e. The maximum atomic E-state index is 12.1. The Balaban J connectivity index is 1.85. The number of allylic oxidation sites excluding steroid dienone is 2. The summed E-state index contributed by atoms with van der Waals surface area (Å²) < 4.78 is 4.92. The Morgan fingerprint density at radius 2 is 2.00 bits per heavy atom. The summed E-state index contributed by atoms with van der Waals surface area (Å²) in [5.74, 6) is 0.458. The number of ether oxygens (including phenoxy) is 1. The molecule has 0 unspecified atom stereocenters. The van der Waals surface area contributed by atoms with Crippen LogP contribution in [0.3, 0.4) is 0 Å². The van der Waals surface area contributed by atoms with Crippen LogP contribution in [0.2, 0.25) is 5.02 Å². The molecule has 0 radical (unpaired) electrons. The average molecular weight is 354 g/mol. The third kappa shape index (κ3) is 2.54. The number of carbonyl (C=O) groups is 1. The second kappa shape index (κ2) is 6.23. The molecule has 0 amide bonds. The molecule has 2 aromatic carbocycles. The maximum Gasteiger partial charge on any atom is 0.338 e.